The van der Waals surface area contributed by atoms with Gasteiger partial charge >= 0.3 is 0 Å². The minimum absolute atomic E-state index is 0.0493. The van der Waals surface area contributed by atoms with Gasteiger partial charge in [-0.3, -0.25) is 9.69 Å². The molecule has 7 nitrogen and oxygen atoms in total. The zero-order valence-corrected chi connectivity index (χ0v) is 16.5. The van der Waals surface area contributed by atoms with Crippen molar-refractivity contribution in [3.05, 3.63) is 29.2 Å². The summed E-state index contributed by atoms with van der Waals surface area (Å²) in [5.74, 6) is 0.606. The zero-order valence-electron chi connectivity index (χ0n) is 16.5. The number of nitrogens with zero attached hydrogens (tertiary/aromatic N) is 5. The van der Waals surface area contributed by atoms with Crippen LogP contribution < -0.4 is 0 Å². The van der Waals surface area contributed by atoms with E-state index in [1.165, 1.54) is 5.56 Å². The molecule has 2 aliphatic heterocycles. The normalized spacial score (nSPS) is 21.5. The summed E-state index contributed by atoms with van der Waals surface area (Å²) >= 11 is 0. The quantitative estimate of drug-likeness (QED) is 0.821. The fourth-order valence-electron chi connectivity index (χ4n) is 4.16. The molecule has 146 valence electrons. The predicted molar refractivity (Wildman–Crippen MR) is 103 cm³/mol. The number of aromatic nitrogens is 3. The van der Waals surface area contributed by atoms with Crippen LogP contribution in [-0.4, -0.2) is 69.7 Å². The molecule has 1 amide bonds. The molecule has 1 atom stereocenters. The molecule has 7 heteroatoms. The van der Waals surface area contributed by atoms with E-state index in [1.54, 1.807) is 0 Å². The number of likely N-dealkylation sites (tertiary alicyclic amines) is 1. The third-order valence-electron chi connectivity index (χ3n) is 5.74. The van der Waals surface area contributed by atoms with Gasteiger partial charge in [-0.1, -0.05) is 13.8 Å². The highest BCUT2D eigenvalue weighted by atomic mass is 16.5. The van der Waals surface area contributed by atoms with Gasteiger partial charge in [-0.2, -0.15) is 5.10 Å². The molecule has 0 unspecified atom stereocenters. The third-order valence-corrected chi connectivity index (χ3v) is 5.74. The van der Waals surface area contributed by atoms with Crippen molar-refractivity contribution in [2.24, 2.45) is 5.92 Å². The van der Waals surface area contributed by atoms with E-state index in [0.29, 0.717) is 5.92 Å². The average Bonchev–Trinajstić information content (AvgIpc) is 3.27. The Kier molecular flexibility index (Phi) is 5.14. The molecule has 0 aromatic carbocycles. The lowest BCUT2D eigenvalue weighted by Gasteiger charge is -2.26. The Morgan fingerprint density at radius 1 is 1.30 bits per heavy atom. The highest BCUT2D eigenvalue weighted by Crippen LogP contribution is 2.29. The Hall–Kier alpha value is -1.99. The van der Waals surface area contributed by atoms with Crippen LogP contribution in [0.4, 0.5) is 0 Å². The van der Waals surface area contributed by atoms with Gasteiger partial charge < -0.3 is 9.64 Å². The maximum absolute atomic E-state index is 12.3. The number of rotatable bonds is 4. The number of aryl methyl sites for hydroxylation is 1. The van der Waals surface area contributed by atoms with Crippen molar-refractivity contribution in [2.45, 2.75) is 39.7 Å². The summed E-state index contributed by atoms with van der Waals surface area (Å²) < 4.78 is 7.47. The van der Waals surface area contributed by atoms with Crippen molar-refractivity contribution in [1.29, 1.82) is 0 Å². The number of ether oxygens (including phenoxy) is 1. The van der Waals surface area contributed by atoms with Gasteiger partial charge in [-0.15, -0.1) is 0 Å². The van der Waals surface area contributed by atoms with E-state index in [1.807, 2.05) is 29.5 Å². The van der Waals surface area contributed by atoms with Gasteiger partial charge in [0, 0.05) is 56.3 Å². The lowest BCUT2D eigenvalue weighted by atomic mass is 10.0. The van der Waals surface area contributed by atoms with E-state index in [9.17, 15) is 4.79 Å². The number of amides is 1. The molecule has 0 saturated carbocycles. The van der Waals surface area contributed by atoms with Crippen LogP contribution in [0.25, 0.3) is 5.65 Å². The Morgan fingerprint density at radius 3 is 2.81 bits per heavy atom. The summed E-state index contributed by atoms with van der Waals surface area (Å²) in [6.07, 6.45) is 2.87. The molecule has 2 aromatic rings. The molecular formula is C20H29N5O2. The van der Waals surface area contributed by atoms with E-state index in [2.05, 4.69) is 22.9 Å². The monoisotopic (exact) mass is 371 g/mol. The summed E-state index contributed by atoms with van der Waals surface area (Å²) in [7, 11) is 0. The first-order valence-electron chi connectivity index (χ1n) is 9.96. The second-order valence-electron chi connectivity index (χ2n) is 7.98. The van der Waals surface area contributed by atoms with Gasteiger partial charge in [-0.05, 0) is 19.4 Å². The van der Waals surface area contributed by atoms with Crippen LogP contribution in [0, 0.1) is 12.8 Å². The summed E-state index contributed by atoms with van der Waals surface area (Å²) in [6.45, 7) is 11.9. The molecule has 27 heavy (non-hydrogen) atoms. The molecule has 0 radical (unpaired) electrons. The predicted octanol–water partition coefficient (Wildman–Crippen LogP) is 1.84. The molecule has 0 bridgehead atoms. The Labute approximate surface area is 160 Å². The van der Waals surface area contributed by atoms with E-state index < -0.39 is 0 Å². The minimum atomic E-state index is 0.0493. The van der Waals surface area contributed by atoms with Crippen molar-refractivity contribution >= 4 is 11.6 Å². The average molecular weight is 371 g/mol. The van der Waals surface area contributed by atoms with Crippen LogP contribution in [0.1, 0.15) is 43.1 Å². The number of hydrogen-bond donors (Lipinski definition) is 0. The number of morpholine rings is 1. The third kappa shape index (κ3) is 3.58. The zero-order chi connectivity index (χ0) is 19.0. The van der Waals surface area contributed by atoms with Crippen LogP contribution in [0.15, 0.2) is 12.3 Å². The van der Waals surface area contributed by atoms with Crippen LogP contribution in [-0.2, 0) is 16.1 Å². The van der Waals surface area contributed by atoms with Gasteiger partial charge in [0.1, 0.15) is 0 Å². The van der Waals surface area contributed by atoms with Crippen LogP contribution >= 0.6 is 0 Å². The van der Waals surface area contributed by atoms with E-state index in [-0.39, 0.29) is 11.8 Å². The van der Waals surface area contributed by atoms with Crippen molar-refractivity contribution in [2.75, 3.05) is 39.4 Å². The lowest BCUT2D eigenvalue weighted by molar-refractivity contribution is -0.133. The SMILES string of the molecule is Cc1nn2c([C@H]3CCN(C(=O)C(C)C)C3)ccnc2c1CN1CCOCC1. The molecule has 0 N–H and O–H groups in total. The smallest absolute Gasteiger partial charge is 0.225 e. The topological polar surface area (TPSA) is 63.0 Å². The summed E-state index contributed by atoms with van der Waals surface area (Å²) in [5.41, 5.74) is 4.35. The summed E-state index contributed by atoms with van der Waals surface area (Å²) in [6, 6.07) is 2.06. The standard InChI is InChI=1S/C20H29N5O2/c1-14(2)20(26)24-7-5-16(12-24)18-4-6-21-19-17(15(3)22-25(18)19)13-23-8-10-27-11-9-23/h4,6,14,16H,5,7-13H2,1-3H3/t16-/m0/s1. The largest absolute Gasteiger partial charge is 0.379 e. The van der Waals surface area contributed by atoms with E-state index >= 15 is 0 Å². The number of fused-ring (bicyclic) bond motifs is 1. The van der Waals surface area contributed by atoms with Crippen molar-refractivity contribution < 1.29 is 9.53 Å². The highest BCUT2D eigenvalue weighted by Gasteiger charge is 2.30. The Morgan fingerprint density at radius 2 is 2.07 bits per heavy atom. The Bertz CT molecular complexity index is 825. The van der Waals surface area contributed by atoms with Gasteiger partial charge in [-0.25, -0.2) is 9.50 Å². The fourth-order valence-corrected chi connectivity index (χ4v) is 4.16. The molecule has 2 aliphatic rings. The van der Waals surface area contributed by atoms with Gasteiger partial charge in [0.25, 0.3) is 0 Å². The molecule has 2 fully saturated rings. The first-order chi connectivity index (χ1) is 13.0. The molecule has 4 rings (SSSR count). The number of carbonyl (C=O) groups is 1. The second-order valence-corrected chi connectivity index (χ2v) is 7.98. The molecule has 2 saturated heterocycles. The van der Waals surface area contributed by atoms with Crippen molar-refractivity contribution in [3.63, 3.8) is 0 Å². The van der Waals surface area contributed by atoms with Gasteiger partial charge in [0.05, 0.1) is 24.6 Å². The van der Waals surface area contributed by atoms with E-state index in [4.69, 9.17) is 9.84 Å². The molecule has 0 aliphatic carbocycles. The van der Waals surface area contributed by atoms with Crippen LogP contribution in [0.5, 0.6) is 0 Å². The summed E-state index contributed by atoms with van der Waals surface area (Å²) in [4.78, 5) is 21.4. The maximum atomic E-state index is 12.3. The number of hydrogen-bond acceptors (Lipinski definition) is 5. The second kappa shape index (κ2) is 7.56. The Balaban J connectivity index is 1.60. The molecule has 4 heterocycles. The van der Waals surface area contributed by atoms with Gasteiger partial charge in [0.15, 0.2) is 5.65 Å². The molecular weight excluding hydrogens is 342 g/mol. The fraction of sp³-hybridized carbons (Fsp3) is 0.650. The van der Waals surface area contributed by atoms with E-state index in [0.717, 1.165) is 69.4 Å². The number of carbonyl (C=O) groups excluding carboxylic acids is 1. The summed E-state index contributed by atoms with van der Waals surface area (Å²) in [5, 5.41) is 4.82. The van der Waals surface area contributed by atoms with Crippen molar-refractivity contribution in [3.8, 4) is 0 Å². The molecule has 0 spiro atoms. The van der Waals surface area contributed by atoms with Crippen LogP contribution in [0.3, 0.4) is 0 Å². The molecule has 2 aromatic heterocycles. The first kappa shape index (κ1) is 18.4. The minimum Gasteiger partial charge on any atom is -0.379 e. The lowest BCUT2D eigenvalue weighted by Crippen LogP contribution is -2.35. The highest BCUT2D eigenvalue weighted by molar-refractivity contribution is 5.78. The van der Waals surface area contributed by atoms with Crippen molar-refractivity contribution in [1.82, 2.24) is 24.4 Å². The van der Waals surface area contributed by atoms with Crippen LogP contribution in [0.2, 0.25) is 0 Å². The van der Waals surface area contributed by atoms with Gasteiger partial charge in [0.2, 0.25) is 5.91 Å². The maximum Gasteiger partial charge on any atom is 0.225 e. The first-order valence-corrected chi connectivity index (χ1v) is 9.96.